The van der Waals surface area contributed by atoms with Crippen molar-refractivity contribution in [3.8, 4) is 17.0 Å². The molecule has 0 spiro atoms. The number of carbonyl (C=O) groups excluding carboxylic acids is 2. The van der Waals surface area contributed by atoms with E-state index >= 15 is 0 Å². The molecule has 0 aliphatic carbocycles. The molecular weight excluding hydrogens is 466 g/mol. The maximum absolute atomic E-state index is 12.8. The molecule has 1 aliphatic rings. The van der Waals surface area contributed by atoms with Crippen molar-refractivity contribution in [2.45, 2.75) is 26.5 Å². The summed E-state index contributed by atoms with van der Waals surface area (Å²) in [6, 6.07) is 24.9. The molecule has 1 atom stereocenters. The lowest BCUT2D eigenvalue weighted by Gasteiger charge is -2.22. The van der Waals surface area contributed by atoms with E-state index in [1.165, 1.54) is 18.9 Å². The molecule has 37 heavy (non-hydrogen) atoms. The number of esters is 1. The van der Waals surface area contributed by atoms with Crippen LogP contribution in [-0.4, -0.2) is 27.8 Å². The monoisotopic (exact) mass is 491 g/mol. The molecule has 0 bridgehead atoms. The van der Waals surface area contributed by atoms with Gasteiger partial charge in [-0.1, -0.05) is 66.7 Å². The molecule has 184 valence electrons. The summed E-state index contributed by atoms with van der Waals surface area (Å²) in [7, 11) is 0. The van der Waals surface area contributed by atoms with Crippen LogP contribution in [0, 0.1) is 0 Å². The van der Waals surface area contributed by atoms with Gasteiger partial charge in [0.1, 0.15) is 5.75 Å². The number of benzene rings is 3. The number of hydrogen-bond donors (Lipinski definition) is 0. The second-order valence-corrected chi connectivity index (χ2v) is 8.60. The predicted molar refractivity (Wildman–Crippen MR) is 142 cm³/mol. The first-order valence-electron chi connectivity index (χ1n) is 11.9. The number of ether oxygens (including phenoxy) is 2. The number of nitrogens with zero attached hydrogens (tertiary/aromatic N) is 3. The van der Waals surface area contributed by atoms with Crippen molar-refractivity contribution in [2.24, 2.45) is 5.10 Å². The van der Waals surface area contributed by atoms with Gasteiger partial charge in [-0.2, -0.15) is 5.01 Å². The Bertz CT molecular complexity index is 1550. The number of aromatic nitrogens is 1. The maximum Gasteiger partial charge on any atom is 0.308 e. The van der Waals surface area contributed by atoms with E-state index < -0.39 is 12.2 Å². The Morgan fingerprint density at radius 3 is 2.51 bits per heavy atom. The number of pyridine rings is 1. The lowest BCUT2D eigenvalue weighted by molar-refractivity contribution is -0.135. The van der Waals surface area contributed by atoms with Crippen LogP contribution in [0.4, 0.5) is 0 Å². The number of rotatable bonds is 6. The van der Waals surface area contributed by atoms with Gasteiger partial charge in [-0.3, -0.25) is 9.59 Å². The highest BCUT2D eigenvalue weighted by molar-refractivity contribution is 6.00. The fourth-order valence-electron chi connectivity index (χ4n) is 4.37. The molecule has 2 heterocycles. The third kappa shape index (κ3) is 4.71. The highest BCUT2D eigenvalue weighted by Gasteiger charge is 2.36. The summed E-state index contributed by atoms with van der Waals surface area (Å²) < 4.78 is 11.9. The van der Waals surface area contributed by atoms with E-state index in [1.807, 2.05) is 72.8 Å². The van der Waals surface area contributed by atoms with Crippen LogP contribution in [0.5, 0.6) is 5.75 Å². The summed E-state index contributed by atoms with van der Waals surface area (Å²) in [6.45, 7) is 6.57. The van der Waals surface area contributed by atoms with Crippen LogP contribution in [0.15, 0.2) is 96.6 Å². The zero-order chi connectivity index (χ0) is 25.9. The van der Waals surface area contributed by atoms with E-state index in [1.54, 1.807) is 12.1 Å². The zero-order valence-electron chi connectivity index (χ0n) is 20.5. The van der Waals surface area contributed by atoms with Crippen LogP contribution in [0.1, 0.15) is 36.8 Å². The van der Waals surface area contributed by atoms with Crippen LogP contribution in [0.3, 0.4) is 0 Å². The Labute approximate surface area is 214 Å². The predicted octanol–water partition coefficient (Wildman–Crippen LogP) is 5.79. The molecule has 7 nitrogen and oxygen atoms in total. The molecule has 1 aliphatic heterocycles. The lowest BCUT2D eigenvalue weighted by Crippen LogP contribution is -2.25. The van der Waals surface area contributed by atoms with Crippen molar-refractivity contribution in [3.63, 3.8) is 0 Å². The van der Waals surface area contributed by atoms with Gasteiger partial charge in [-0.15, -0.1) is 11.7 Å². The van der Waals surface area contributed by atoms with Crippen LogP contribution in [0.2, 0.25) is 0 Å². The van der Waals surface area contributed by atoms with Gasteiger partial charge in [0, 0.05) is 30.4 Å². The third-order valence-electron chi connectivity index (χ3n) is 5.99. The SMILES string of the molecule is C=CCc1cccc(C2=NN(C(C)=O)C(c3cc(-c4ccccc4)nc4ccccc34)O2)c1OC(C)=O. The second-order valence-electron chi connectivity index (χ2n) is 8.60. The minimum atomic E-state index is -0.837. The van der Waals surface area contributed by atoms with E-state index in [9.17, 15) is 9.59 Å². The Hall–Kier alpha value is -4.78. The lowest BCUT2D eigenvalue weighted by atomic mass is 10.0. The molecule has 0 saturated carbocycles. The molecule has 3 aromatic carbocycles. The van der Waals surface area contributed by atoms with Crippen LogP contribution in [-0.2, 0) is 20.7 Å². The number of hydrazone groups is 1. The van der Waals surface area contributed by atoms with Crippen molar-refractivity contribution >= 4 is 28.7 Å². The normalized spacial score (nSPS) is 14.7. The van der Waals surface area contributed by atoms with E-state index in [2.05, 4.69) is 11.7 Å². The summed E-state index contributed by atoms with van der Waals surface area (Å²) in [5.41, 5.74) is 4.45. The average Bonchev–Trinajstić information content (AvgIpc) is 3.35. The molecule has 0 radical (unpaired) electrons. The molecular formula is C30H25N3O4. The zero-order valence-corrected chi connectivity index (χ0v) is 20.5. The van der Waals surface area contributed by atoms with Crippen molar-refractivity contribution in [2.75, 3.05) is 0 Å². The molecule has 0 N–H and O–H groups in total. The van der Waals surface area contributed by atoms with E-state index in [4.69, 9.17) is 14.5 Å². The van der Waals surface area contributed by atoms with Gasteiger partial charge in [0.2, 0.25) is 18.0 Å². The molecule has 5 rings (SSSR count). The van der Waals surface area contributed by atoms with Crippen LogP contribution >= 0.6 is 0 Å². The van der Waals surface area contributed by atoms with E-state index in [0.29, 0.717) is 17.7 Å². The second kappa shape index (κ2) is 10.1. The molecule has 1 amide bonds. The molecule has 7 heteroatoms. The van der Waals surface area contributed by atoms with Gasteiger partial charge >= 0.3 is 5.97 Å². The van der Waals surface area contributed by atoms with Crippen molar-refractivity contribution < 1.29 is 19.1 Å². The Morgan fingerprint density at radius 1 is 1.03 bits per heavy atom. The van der Waals surface area contributed by atoms with E-state index in [-0.39, 0.29) is 11.8 Å². The topological polar surface area (TPSA) is 81.1 Å². The van der Waals surface area contributed by atoms with Crippen molar-refractivity contribution in [1.29, 1.82) is 0 Å². The van der Waals surface area contributed by atoms with Gasteiger partial charge in [-0.25, -0.2) is 4.98 Å². The Balaban J connectivity index is 1.64. The largest absolute Gasteiger partial charge is 0.446 e. The fraction of sp³-hybridized carbons (Fsp3) is 0.133. The molecule has 1 unspecified atom stereocenters. The van der Waals surface area contributed by atoms with Crippen LogP contribution < -0.4 is 4.74 Å². The summed E-state index contributed by atoms with van der Waals surface area (Å²) in [4.78, 5) is 29.5. The summed E-state index contributed by atoms with van der Waals surface area (Å²) in [6.07, 6.45) is 1.37. The Kier molecular flexibility index (Phi) is 6.51. The number of fused-ring (bicyclic) bond motifs is 1. The van der Waals surface area contributed by atoms with Gasteiger partial charge in [-0.05, 0) is 30.2 Å². The number of hydrogen-bond acceptors (Lipinski definition) is 6. The summed E-state index contributed by atoms with van der Waals surface area (Å²) in [5.74, 6) is -0.241. The number of carbonyl (C=O) groups is 2. The first-order chi connectivity index (χ1) is 18.0. The first kappa shape index (κ1) is 23.9. The fourth-order valence-corrected chi connectivity index (χ4v) is 4.37. The molecule has 0 fully saturated rings. The van der Waals surface area contributed by atoms with Gasteiger partial charge in [0.05, 0.1) is 16.8 Å². The highest BCUT2D eigenvalue weighted by Crippen LogP contribution is 2.38. The summed E-state index contributed by atoms with van der Waals surface area (Å²) >= 11 is 0. The highest BCUT2D eigenvalue weighted by atomic mass is 16.5. The molecule has 4 aromatic rings. The minimum Gasteiger partial charge on any atom is -0.446 e. The minimum absolute atomic E-state index is 0.185. The number of allylic oxidation sites excluding steroid dienone is 1. The van der Waals surface area contributed by atoms with Crippen molar-refractivity contribution in [1.82, 2.24) is 9.99 Å². The number of para-hydroxylation sites is 2. The smallest absolute Gasteiger partial charge is 0.308 e. The van der Waals surface area contributed by atoms with Crippen molar-refractivity contribution in [3.05, 3.63) is 108 Å². The molecule has 1 aromatic heterocycles. The van der Waals surface area contributed by atoms with Crippen LogP contribution in [0.25, 0.3) is 22.2 Å². The average molecular weight is 492 g/mol. The van der Waals surface area contributed by atoms with Gasteiger partial charge in [0.15, 0.2) is 0 Å². The number of amides is 1. The third-order valence-corrected chi connectivity index (χ3v) is 5.99. The van der Waals surface area contributed by atoms with Gasteiger partial charge in [0.25, 0.3) is 0 Å². The Morgan fingerprint density at radius 2 is 1.78 bits per heavy atom. The maximum atomic E-state index is 12.8. The molecule has 0 saturated heterocycles. The van der Waals surface area contributed by atoms with E-state index in [0.717, 1.165) is 33.3 Å². The first-order valence-corrected chi connectivity index (χ1v) is 11.9. The quantitative estimate of drug-likeness (QED) is 0.194. The standard InChI is InChI=1S/C30H25N3O4/c1-4-11-22-14-10-16-24(28(22)36-20(3)35)29-32-33(19(2)34)30(37-29)25-18-27(21-12-6-5-7-13-21)31-26-17-9-8-15-23(25)26/h4-10,12-18,30H,1,11H2,2-3H3. The van der Waals surface area contributed by atoms with Gasteiger partial charge < -0.3 is 9.47 Å². The summed E-state index contributed by atoms with van der Waals surface area (Å²) in [5, 5.41) is 6.69.